The van der Waals surface area contributed by atoms with E-state index >= 15 is 0 Å². The first kappa shape index (κ1) is 7.25. The first-order chi connectivity index (χ1) is 4.74. The van der Waals surface area contributed by atoms with E-state index < -0.39 is 0 Å². The van der Waals surface area contributed by atoms with Crippen molar-refractivity contribution in [2.24, 2.45) is 5.92 Å². The van der Waals surface area contributed by atoms with E-state index in [0.717, 1.165) is 12.7 Å². The zero-order valence-corrected chi connectivity index (χ0v) is 6.04. The summed E-state index contributed by atoms with van der Waals surface area (Å²) in [6.07, 6.45) is 2.19. The number of aldehydes is 1. The van der Waals surface area contributed by atoms with Crippen molar-refractivity contribution in [2.45, 2.75) is 12.8 Å². The number of rotatable bonds is 1. The number of carbonyl (C=O) groups excluding carboxylic acids is 2. The molecule has 1 fully saturated rings. The Morgan fingerprint density at radius 1 is 1.70 bits per heavy atom. The van der Waals surface area contributed by atoms with Crippen LogP contribution in [0.4, 0.5) is 0 Å². The lowest BCUT2D eigenvalue weighted by Gasteiger charge is -2.25. The minimum atomic E-state index is 0.0719. The van der Waals surface area contributed by atoms with Crippen molar-refractivity contribution in [2.75, 3.05) is 13.6 Å². The summed E-state index contributed by atoms with van der Waals surface area (Å²) in [5, 5.41) is 0. The molecule has 56 valence electrons. The molecule has 1 saturated heterocycles. The van der Waals surface area contributed by atoms with E-state index in [0.29, 0.717) is 13.0 Å². The van der Waals surface area contributed by atoms with Crippen LogP contribution in [0.3, 0.4) is 0 Å². The van der Waals surface area contributed by atoms with Crippen LogP contribution < -0.4 is 0 Å². The third-order valence-corrected chi connectivity index (χ3v) is 1.86. The number of nitrogens with zero attached hydrogens (tertiary/aromatic N) is 1. The Kier molecular flexibility index (Phi) is 2.04. The number of carbonyl (C=O) groups is 2. The summed E-state index contributed by atoms with van der Waals surface area (Å²) < 4.78 is 0. The van der Waals surface area contributed by atoms with Gasteiger partial charge in [-0.3, -0.25) is 4.79 Å². The van der Waals surface area contributed by atoms with E-state index in [-0.39, 0.29) is 11.8 Å². The molecule has 1 aliphatic heterocycles. The topological polar surface area (TPSA) is 37.4 Å². The largest absolute Gasteiger partial charge is 0.345 e. The van der Waals surface area contributed by atoms with Crippen molar-refractivity contribution in [1.82, 2.24) is 4.90 Å². The predicted octanol–water partition coefficient (Wildman–Crippen LogP) is 0.0537. The highest BCUT2D eigenvalue weighted by atomic mass is 16.2. The van der Waals surface area contributed by atoms with Crippen LogP contribution in [0.15, 0.2) is 0 Å². The zero-order valence-electron chi connectivity index (χ0n) is 6.04. The molecule has 3 nitrogen and oxygen atoms in total. The van der Waals surface area contributed by atoms with Crippen molar-refractivity contribution in [3.8, 4) is 0 Å². The highest BCUT2D eigenvalue weighted by Gasteiger charge is 2.21. The van der Waals surface area contributed by atoms with Crippen LogP contribution in [0.1, 0.15) is 12.8 Å². The molecular weight excluding hydrogens is 130 g/mol. The zero-order chi connectivity index (χ0) is 7.56. The van der Waals surface area contributed by atoms with Crippen LogP contribution in [0.2, 0.25) is 0 Å². The fraction of sp³-hybridized carbons (Fsp3) is 0.714. The summed E-state index contributed by atoms with van der Waals surface area (Å²) in [4.78, 5) is 22.8. The van der Waals surface area contributed by atoms with Crippen molar-refractivity contribution < 1.29 is 9.59 Å². The predicted molar refractivity (Wildman–Crippen MR) is 36.4 cm³/mol. The van der Waals surface area contributed by atoms with Crippen molar-refractivity contribution in [3.63, 3.8) is 0 Å². The van der Waals surface area contributed by atoms with Gasteiger partial charge < -0.3 is 9.69 Å². The molecule has 0 radical (unpaired) electrons. The highest BCUT2D eigenvalue weighted by molar-refractivity contribution is 5.78. The van der Waals surface area contributed by atoms with E-state index in [4.69, 9.17) is 0 Å². The van der Waals surface area contributed by atoms with Gasteiger partial charge in [0.25, 0.3) is 0 Å². The maximum Gasteiger partial charge on any atom is 0.222 e. The first-order valence-corrected chi connectivity index (χ1v) is 3.43. The molecule has 0 aromatic carbocycles. The Bertz CT molecular complexity index is 156. The molecule has 3 heteroatoms. The number of likely N-dealkylation sites (tertiary alicyclic amines) is 1. The van der Waals surface area contributed by atoms with Gasteiger partial charge in [-0.05, 0) is 6.42 Å². The highest BCUT2D eigenvalue weighted by Crippen LogP contribution is 2.13. The SMILES string of the molecule is CN1CC(C=O)CCC1=O. The Labute approximate surface area is 60.0 Å². The summed E-state index contributed by atoms with van der Waals surface area (Å²) in [7, 11) is 1.73. The first-order valence-electron chi connectivity index (χ1n) is 3.43. The third kappa shape index (κ3) is 1.35. The molecule has 0 aliphatic carbocycles. The monoisotopic (exact) mass is 141 g/mol. The summed E-state index contributed by atoms with van der Waals surface area (Å²) in [6, 6.07) is 0. The maximum atomic E-state index is 10.9. The van der Waals surface area contributed by atoms with Crippen LogP contribution >= 0.6 is 0 Å². The van der Waals surface area contributed by atoms with Gasteiger partial charge in [0.15, 0.2) is 0 Å². The van der Waals surface area contributed by atoms with E-state index in [1.54, 1.807) is 11.9 Å². The molecule has 1 heterocycles. The molecule has 0 spiro atoms. The van der Waals surface area contributed by atoms with Crippen LogP contribution in [0, 0.1) is 5.92 Å². The van der Waals surface area contributed by atoms with Gasteiger partial charge in [0.2, 0.25) is 5.91 Å². The molecule has 1 rings (SSSR count). The molecule has 1 atom stereocenters. The molecule has 1 unspecified atom stereocenters. The van der Waals surface area contributed by atoms with Crippen molar-refractivity contribution in [1.29, 1.82) is 0 Å². The van der Waals surface area contributed by atoms with Gasteiger partial charge in [-0.2, -0.15) is 0 Å². The van der Waals surface area contributed by atoms with E-state index in [1.165, 1.54) is 0 Å². The fourth-order valence-corrected chi connectivity index (χ4v) is 1.16. The summed E-state index contributed by atoms with van der Waals surface area (Å²) >= 11 is 0. The average molecular weight is 141 g/mol. The second-order valence-electron chi connectivity index (χ2n) is 2.71. The fourth-order valence-electron chi connectivity index (χ4n) is 1.16. The lowest BCUT2D eigenvalue weighted by molar-refractivity contribution is -0.134. The van der Waals surface area contributed by atoms with Crippen LogP contribution in [0.25, 0.3) is 0 Å². The van der Waals surface area contributed by atoms with Gasteiger partial charge in [0.1, 0.15) is 6.29 Å². The van der Waals surface area contributed by atoms with Gasteiger partial charge in [-0.1, -0.05) is 0 Å². The van der Waals surface area contributed by atoms with E-state index in [9.17, 15) is 9.59 Å². The van der Waals surface area contributed by atoms with Crippen LogP contribution in [-0.2, 0) is 9.59 Å². The molecule has 1 amide bonds. The van der Waals surface area contributed by atoms with Gasteiger partial charge in [-0.15, -0.1) is 0 Å². The second-order valence-corrected chi connectivity index (χ2v) is 2.71. The molecule has 0 N–H and O–H groups in total. The van der Waals surface area contributed by atoms with Gasteiger partial charge in [0.05, 0.1) is 0 Å². The van der Waals surface area contributed by atoms with E-state index in [2.05, 4.69) is 0 Å². The van der Waals surface area contributed by atoms with Crippen LogP contribution in [0.5, 0.6) is 0 Å². The molecular formula is C7H11NO2. The molecule has 0 saturated carbocycles. The van der Waals surface area contributed by atoms with Gasteiger partial charge >= 0.3 is 0 Å². The second kappa shape index (κ2) is 2.82. The normalized spacial score (nSPS) is 26.7. The number of amides is 1. The Balaban J connectivity index is 2.48. The average Bonchev–Trinajstić information content (AvgIpc) is 1.95. The smallest absolute Gasteiger partial charge is 0.222 e. The Morgan fingerprint density at radius 3 is 2.90 bits per heavy atom. The maximum absolute atomic E-state index is 10.9. The molecule has 0 aromatic heterocycles. The number of hydrogen-bond acceptors (Lipinski definition) is 2. The summed E-state index contributed by atoms with van der Waals surface area (Å²) in [5.74, 6) is 0.223. The molecule has 10 heavy (non-hydrogen) atoms. The number of piperidine rings is 1. The van der Waals surface area contributed by atoms with Crippen LogP contribution in [-0.4, -0.2) is 30.7 Å². The summed E-state index contributed by atoms with van der Waals surface area (Å²) in [6.45, 7) is 0.600. The van der Waals surface area contributed by atoms with Gasteiger partial charge in [0, 0.05) is 25.9 Å². The molecule has 0 bridgehead atoms. The molecule has 1 aliphatic rings. The number of hydrogen-bond donors (Lipinski definition) is 0. The lowest BCUT2D eigenvalue weighted by Crippen LogP contribution is -2.37. The minimum Gasteiger partial charge on any atom is -0.345 e. The lowest BCUT2D eigenvalue weighted by atomic mass is 10.00. The Morgan fingerprint density at radius 2 is 2.40 bits per heavy atom. The molecule has 0 aromatic rings. The minimum absolute atomic E-state index is 0.0719. The third-order valence-electron chi connectivity index (χ3n) is 1.86. The van der Waals surface area contributed by atoms with Crippen molar-refractivity contribution in [3.05, 3.63) is 0 Å². The quantitative estimate of drug-likeness (QED) is 0.484. The van der Waals surface area contributed by atoms with Crippen molar-refractivity contribution >= 4 is 12.2 Å². The standard InChI is InChI=1S/C7H11NO2/c1-8-4-6(5-9)2-3-7(8)10/h5-6H,2-4H2,1H3. The van der Waals surface area contributed by atoms with E-state index in [1.807, 2.05) is 0 Å². The van der Waals surface area contributed by atoms with Gasteiger partial charge in [-0.25, -0.2) is 0 Å². The summed E-state index contributed by atoms with van der Waals surface area (Å²) in [5.41, 5.74) is 0. The Hall–Kier alpha value is -0.860.